The third kappa shape index (κ3) is 4.17. The summed E-state index contributed by atoms with van der Waals surface area (Å²) >= 11 is 17.2. The first-order valence-corrected chi connectivity index (χ1v) is 8.89. The van der Waals surface area contributed by atoms with Gasteiger partial charge in [-0.1, -0.05) is 40.9 Å². The fraction of sp³-hybridized carbons (Fsp3) is 0.0714. The minimum atomic E-state index is -4.13. The van der Waals surface area contributed by atoms with Crippen LogP contribution in [-0.2, 0) is 16.6 Å². The SMILES string of the molecule is O=C(O)c1cc(S(=O)(=O)NCc2ccc(F)c(Cl)c2)c(Cl)cc1Cl. The van der Waals surface area contributed by atoms with E-state index < -0.39 is 32.3 Å². The summed E-state index contributed by atoms with van der Waals surface area (Å²) in [6.45, 7) is -0.191. The predicted octanol–water partition coefficient (Wildman–Crippen LogP) is 3.96. The van der Waals surface area contributed by atoms with Gasteiger partial charge in [0.25, 0.3) is 0 Å². The van der Waals surface area contributed by atoms with Gasteiger partial charge >= 0.3 is 5.97 Å². The topological polar surface area (TPSA) is 83.5 Å². The van der Waals surface area contributed by atoms with Crippen LogP contribution in [0.5, 0.6) is 0 Å². The molecule has 5 nitrogen and oxygen atoms in total. The van der Waals surface area contributed by atoms with Gasteiger partial charge in [-0.25, -0.2) is 22.3 Å². The van der Waals surface area contributed by atoms with Crippen molar-refractivity contribution in [3.05, 3.63) is 62.3 Å². The standard InChI is InChI=1S/C14H9Cl3FNO4S/c15-9-5-11(17)13(4-8(9)14(20)21)24(22,23)19-6-7-1-2-12(18)10(16)3-7/h1-5,19H,6H2,(H,20,21). The second kappa shape index (κ2) is 7.25. The van der Waals surface area contributed by atoms with Crippen LogP contribution in [0.4, 0.5) is 4.39 Å². The number of carboxylic acids is 1. The quantitative estimate of drug-likeness (QED) is 0.778. The molecule has 2 aromatic rings. The van der Waals surface area contributed by atoms with Crippen LogP contribution in [0.25, 0.3) is 0 Å². The Balaban J connectivity index is 2.31. The monoisotopic (exact) mass is 411 g/mol. The van der Waals surface area contributed by atoms with Crippen LogP contribution in [-0.4, -0.2) is 19.5 Å². The molecule has 0 fully saturated rings. The average Bonchev–Trinajstić information content (AvgIpc) is 2.48. The van der Waals surface area contributed by atoms with Crippen molar-refractivity contribution in [2.24, 2.45) is 0 Å². The number of rotatable bonds is 5. The molecule has 0 aliphatic carbocycles. The van der Waals surface area contributed by atoms with Crippen LogP contribution >= 0.6 is 34.8 Å². The molecule has 0 unspecified atom stereocenters. The lowest BCUT2D eigenvalue weighted by atomic mass is 10.2. The first-order valence-electron chi connectivity index (χ1n) is 6.28. The molecule has 24 heavy (non-hydrogen) atoms. The molecule has 0 bridgehead atoms. The molecule has 0 spiro atoms. The van der Waals surface area contributed by atoms with E-state index in [0.717, 1.165) is 18.2 Å². The van der Waals surface area contributed by atoms with E-state index >= 15 is 0 Å². The number of halogens is 4. The summed E-state index contributed by atoms with van der Waals surface area (Å²) in [6.07, 6.45) is 0. The van der Waals surface area contributed by atoms with Crippen LogP contribution < -0.4 is 4.72 Å². The summed E-state index contributed by atoms with van der Waals surface area (Å²) in [5.74, 6) is -2.02. The van der Waals surface area contributed by atoms with Crippen molar-refractivity contribution < 1.29 is 22.7 Å². The van der Waals surface area contributed by atoms with Gasteiger partial charge in [0.15, 0.2) is 0 Å². The van der Waals surface area contributed by atoms with E-state index in [1.807, 2.05) is 0 Å². The van der Waals surface area contributed by atoms with E-state index in [4.69, 9.17) is 39.9 Å². The summed E-state index contributed by atoms with van der Waals surface area (Å²) in [5, 5.41) is 8.46. The van der Waals surface area contributed by atoms with E-state index in [0.29, 0.717) is 5.56 Å². The molecule has 128 valence electrons. The molecule has 2 rings (SSSR count). The molecule has 0 saturated heterocycles. The predicted molar refractivity (Wildman–Crippen MR) is 88.9 cm³/mol. The molecule has 0 radical (unpaired) electrons. The van der Waals surface area contributed by atoms with E-state index in [1.54, 1.807) is 0 Å². The van der Waals surface area contributed by atoms with Gasteiger partial charge in [-0.3, -0.25) is 0 Å². The number of aromatic carboxylic acids is 1. The van der Waals surface area contributed by atoms with Crippen molar-refractivity contribution >= 4 is 50.8 Å². The highest BCUT2D eigenvalue weighted by Gasteiger charge is 2.22. The third-order valence-corrected chi connectivity index (χ3v) is 5.46. The molecule has 0 saturated carbocycles. The molecule has 2 N–H and O–H groups in total. The van der Waals surface area contributed by atoms with Crippen molar-refractivity contribution in [3.8, 4) is 0 Å². The number of benzene rings is 2. The number of carboxylic acid groups (broad SMARTS) is 1. The molecular weight excluding hydrogens is 404 g/mol. The fourth-order valence-electron chi connectivity index (χ4n) is 1.80. The summed E-state index contributed by atoms with van der Waals surface area (Å²) in [5.41, 5.74) is 0.0137. The van der Waals surface area contributed by atoms with Crippen molar-refractivity contribution in [2.75, 3.05) is 0 Å². The zero-order chi connectivity index (χ0) is 18.1. The number of carbonyl (C=O) groups is 1. The van der Waals surface area contributed by atoms with E-state index in [9.17, 15) is 17.6 Å². The lowest BCUT2D eigenvalue weighted by Crippen LogP contribution is -2.24. The van der Waals surface area contributed by atoms with E-state index in [-0.39, 0.29) is 21.6 Å². The second-order valence-corrected chi connectivity index (χ2v) is 7.60. The summed E-state index contributed by atoms with van der Waals surface area (Å²) in [4.78, 5) is 10.6. The third-order valence-electron chi connectivity index (χ3n) is 2.99. The van der Waals surface area contributed by atoms with Crippen LogP contribution in [0.2, 0.25) is 15.1 Å². The molecule has 0 aromatic heterocycles. The van der Waals surface area contributed by atoms with Gasteiger partial charge in [-0.05, 0) is 29.8 Å². The van der Waals surface area contributed by atoms with Gasteiger partial charge in [-0.15, -0.1) is 0 Å². The smallest absolute Gasteiger partial charge is 0.337 e. The van der Waals surface area contributed by atoms with Crippen molar-refractivity contribution in [2.45, 2.75) is 11.4 Å². The Morgan fingerprint density at radius 1 is 1.08 bits per heavy atom. The molecule has 10 heteroatoms. The second-order valence-electron chi connectivity index (χ2n) is 4.64. The Hall–Kier alpha value is -1.38. The van der Waals surface area contributed by atoms with Gasteiger partial charge in [-0.2, -0.15) is 0 Å². The van der Waals surface area contributed by atoms with Gasteiger partial charge < -0.3 is 5.11 Å². The minimum absolute atomic E-state index is 0.149. The molecular formula is C14H9Cl3FNO4S. The average molecular weight is 413 g/mol. The van der Waals surface area contributed by atoms with Crippen molar-refractivity contribution in [1.29, 1.82) is 0 Å². The molecule has 0 aliphatic heterocycles. The number of hydrogen-bond acceptors (Lipinski definition) is 3. The lowest BCUT2D eigenvalue weighted by molar-refractivity contribution is 0.0697. The van der Waals surface area contributed by atoms with Gasteiger partial charge in [0, 0.05) is 6.54 Å². The Morgan fingerprint density at radius 3 is 2.33 bits per heavy atom. The van der Waals surface area contributed by atoms with Crippen LogP contribution in [0.15, 0.2) is 35.2 Å². The molecule has 0 amide bonds. The molecule has 0 aliphatic rings. The van der Waals surface area contributed by atoms with E-state index in [1.165, 1.54) is 12.1 Å². The summed E-state index contributed by atoms with van der Waals surface area (Å²) in [6, 6.07) is 5.63. The zero-order valence-electron chi connectivity index (χ0n) is 11.7. The Kier molecular flexibility index (Phi) is 5.72. The molecule has 2 aromatic carbocycles. The van der Waals surface area contributed by atoms with E-state index in [2.05, 4.69) is 4.72 Å². The van der Waals surface area contributed by atoms with Crippen molar-refractivity contribution in [1.82, 2.24) is 4.72 Å². The molecule has 0 heterocycles. The normalized spacial score (nSPS) is 11.5. The Bertz CT molecular complexity index is 918. The molecule has 0 atom stereocenters. The minimum Gasteiger partial charge on any atom is -0.478 e. The maximum absolute atomic E-state index is 13.1. The maximum Gasteiger partial charge on any atom is 0.337 e. The largest absolute Gasteiger partial charge is 0.478 e. The van der Waals surface area contributed by atoms with Gasteiger partial charge in [0.2, 0.25) is 10.0 Å². The first kappa shape index (κ1) is 19.0. The number of sulfonamides is 1. The first-order chi connectivity index (χ1) is 11.1. The highest BCUT2D eigenvalue weighted by molar-refractivity contribution is 7.89. The fourth-order valence-corrected chi connectivity index (χ4v) is 3.88. The Labute approximate surface area is 152 Å². The highest BCUT2D eigenvalue weighted by atomic mass is 35.5. The van der Waals surface area contributed by atoms with Gasteiger partial charge in [0.1, 0.15) is 10.7 Å². The highest BCUT2D eigenvalue weighted by Crippen LogP contribution is 2.29. The van der Waals surface area contributed by atoms with Gasteiger partial charge in [0.05, 0.1) is 20.6 Å². The summed E-state index contributed by atoms with van der Waals surface area (Å²) in [7, 11) is -4.13. The van der Waals surface area contributed by atoms with Crippen LogP contribution in [0.3, 0.4) is 0 Å². The lowest BCUT2D eigenvalue weighted by Gasteiger charge is -2.10. The maximum atomic E-state index is 13.1. The summed E-state index contributed by atoms with van der Waals surface area (Å²) < 4.78 is 40.0. The van der Waals surface area contributed by atoms with Crippen molar-refractivity contribution in [3.63, 3.8) is 0 Å². The number of hydrogen-bond donors (Lipinski definition) is 2. The Morgan fingerprint density at radius 2 is 1.75 bits per heavy atom. The zero-order valence-corrected chi connectivity index (χ0v) is 14.8. The van der Waals surface area contributed by atoms with Crippen LogP contribution in [0.1, 0.15) is 15.9 Å². The van der Waals surface area contributed by atoms with Crippen LogP contribution in [0, 0.1) is 5.82 Å². The number of nitrogens with one attached hydrogen (secondary N) is 1.